The number of nitrogens with zero attached hydrogens (tertiary/aromatic N) is 1. The van der Waals surface area contributed by atoms with E-state index < -0.39 is 0 Å². The predicted octanol–water partition coefficient (Wildman–Crippen LogP) is 0.930. The fourth-order valence-electron chi connectivity index (χ4n) is 0.859. The lowest BCUT2D eigenvalue weighted by Gasteiger charge is -2.01. The molecule has 1 rings (SSSR count). The fraction of sp³-hybridized carbons (Fsp3) is 1.00. The number of hydrogen-bond acceptors (Lipinski definition) is 3. The van der Waals surface area contributed by atoms with Crippen molar-refractivity contribution in [3.8, 4) is 0 Å². The second-order valence-electron chi connectivity index (χ2n) is 2.04. The fourth-order valence-corrected chi connectivity index (χ4v) is 0.859. The van der Waals surface area contributed by atoms with Gasteiger partial charge in [-0.3, -0.25) is 0 Å². The van der Waals surface area contributed by atoms with Crippen molar-refractivity contribution < 1.29 is 4.74 Å². The largest absolute Gasteiger partial charge is 0.376 e. The molecule has 0 aromatic heterocycles. The third kappa shape index (κ3) is 0.865. The van der Waals surface area contributed by atoms with Crippen molar-refractivity contribution in [3.05, 3.63) is 4.91 Å². The third-order valence-corrected chi connectivity index (χ3v) is 1.47. The molecule has 1 aliphatic rings. The average molecular weight is 115 g/mol. The summed E-state index contributed by atoms with van der Waals surface area (Å²) in [6.45, 7) is 2.57. The summed E-state index contributed by atoms with van der Waals surface area (Å²) in [6.07, 6.45) is 0.845. The van der Waals surface area contributed by atoms with Crippen LogP contribution in [0.25, 0.3) is 0 Å². The normalized spacial score (nSPS) is 37.6. The Morgan fingerprint density at radius 2 is 2.50 bits per heavy atom. The molecule has 0 aromatic carbocycles. The molecule has 0 N–H and O–H groups in total. The molecule has 8 heavy (non-hydrogen) atoms. The highest BCUT2D eigenvalue weighted by Gasteiger charge is 2.24. The lowest BCUT2D eigenvalue weighted by molar-refractivity contribution is 0.119. The summed E-state index contributed by atoms with van der Waals surface area (Å²) in [4.78, 5) is 9.89. The van der Waals surface area contributed by atoms with Crippen LogP contribution >= 0.6 is 0 Å². The van der Waals surface area contributed by atoms with E-state index in [9.17, 15) is 4.91 Å². The van der Waals surface area contributed by atoms with Crippen LogP contribution in [0, 0.1) is 4.91 Å². The van der Waals surface area contributed by atoms with E-state index in [1.165, 1.54) is 0 Å². The maximum atomic E-state index is 9.89. The Hall–Kier alpha value is -0.440. The maximum absolute atomic E-state index is 9.89. The Balaban J connectivity index is 2.41. The van der Waals surface area contributed by atoms with E-state index in [1.807, 2.05) is 6.92 Å². The first kappa shape index (κ1) is 5.69. The van der Waals surface area contributed by atoms with Gasteiger partial charge in [0.2, 0.25) is 0 Å². The van der Waals surface area contributed by atoms with Gasteiger partial charge < -0.3 is 4.74 Å². The molecule has 0 bridgehead atoms. The minimum atomic E-state index is -0.0880. The highest BCUT2D eigenvalue weighted by atomic mass is 16.5. The zero-order valence-corrected chi connectivity index (χ0v) is 4.83. The quantitative estimate of drug-likeness (QED) is 0.477. The highest BCUT2D eigenvalue weighted by molar-refractivity contribution is 4.77. The molecule has 3 nitrogen and oxygen atoms in total. The first-order valence-electron chi connectivity index (χ1n) is 2.78. The summed E-state index contributed by atoms with van der Waals surface area (Å²) in [5, 5.41) is 2.89. The molecule has 0 spiro atoms. The maximum Gasteiger partial charge on any atom is 0.120 e. The Bertz CT molecular complexity index is 94.4. The van der Waals surface area contributed by atoms with Crippen molar-refractivity contribution in [1.29, 1.82) is 0 Å². The van der Waals surface area contributed by atoms with Gasteiger partial charge in [-0.2, -0.15) is 4.91 Å². The van der Waals surface area contributed by atoms with Gasteiger partial charge in [0.1, 0.15) is 6.04 Å². The molecule has 0 radical (unpaired) electrons. The molecule has 0 aromatic rings. The Labute approximate surface area is 48.0 Å². The summed E-state index contributed by atoms with van der Waals surface area (Å²) in [5.41, 5.74) is 0. The van der Waals surface area contributed by atoms with Crippen LogP contribution in [0.4, 0.5) is 0 Å². The molecule has 1 aliphatic heterocycles. The van der Waals surface area contributed by atoms with Gasteiger partial charge in [-0.1, -0.05) is 5.18 Å². The van der Waals surface area contributed by atoms with Crippen molar-refractivity contribution in [2.75, 3.05) is 6.61 Å². The van der Waals surface area contributed by atoms with E-state index in [1.54, 1.807) is 0 Å². The van der Waals surface area contributed by atoms with E-state index in [2.05, 4.69) is 5.18 Å². The van der Waals surface area contributed by atoms with E-state index >= 15 is 0 Å². The molecule has 0 aliphatic carbocycles. The smallest absolute Gasteiger partial charge is 0.120 e. The minimum absolute atomic E-state index is 0.0486. The van der Waals surface area contributed by atoms with Crippen LogP contribution in [0.3, 0.4) is 0 Å². The minimum Gasteiger partial charge on any atom is -0.376 e. The molecule has 3 heteroatoms. The highest BCUT2D eigenvalue weighted by Crippen LogP contribution is 2.15. The Morgan fingerprint density at radius 1 is 1.75 bits per heavy atom. The lowest BCUT2D eigenvalue weighted by atomic mass is 10.2. The van der Waals surface area contributed by atoms with Crippen LogP contribution in [0.5, 0.6) is 0 Å². The number of nitroso groups, excluding NO2 is 1. The second-order valence-corrected chi connectivity index (χ2v) is 2.04. The predicted molar refractivity (Wildman–Crippen MR) is 29.6 cm³/mol. The zero-order valence-electron chi connectivity index (χ0n) is 4.83. The van der Waals surface area contributed by atoms with E-state index in [0.29, 0.717) is 6.61 Å². The van der Waals surface area contributed by atoms with Crippen molar-refractivity contribution in [2.24, 2.45) is 5.18 Å². The van der Waals surface area contributed by atoms with Gasteiger partial charge in [0.15, 0.2) is 0 Å². The summed E-state index contributed by atoms with van der Waals surface area (Å²) < 4.78 is 5.06. The van der Waals surface area contributed by atoms with E-state index in [4.69, 9.17) is 4.74 Å². The van der Waals surface area contributed by atoms with Crippen LogP contribution in [0.1, 0.15) is 13.3 Å². The summed E-state index contributed by atoms with van der Waals surface area (Å²) in [6, 6.07) is -0.0880. The molecule has 46 valence electrons. The van der Waals surface area contributed by atoms with E-state index in [0.717, 1.165) is 6.42 Å². The van der Waals surface area contributed by atoms with Gasteiger partial charge in [0, 0.05) is 6.61 Å². The molecule has 0 amide bonds. The molecular formula is C5H9NO2. The number of hydrogen-bond donors (Lipinski definition) is 0. The van der Waals surface area contributed by atoms with Crippen LogP contribution in [-0.2, 0) is 4.74 Å². The first-order valence-corrected chi connectivity index (χ1v) is 2.78. The molecule has 0 unspecified atom stereocenters. The van der Waals surface area contributed by atoms with Gasteiger partial charge in [-0.15, -0.1) is 0 Å². The van der Waals surface area contributed by atoms with Gasteiger partial charge in [-0.25, -0.2) is 0 Å². The van der Waals surface area contributed by atoms with Crippen LogP contribution in [0.15, 0.2) is 5.18 Å². The summed E-state index contributed by atoms with van der Waals surface area (Å²) in [5.74, 6) is 0. The lowest BCUT2D eigenvalue weighted by Crippen LogP contribution is -2.13. The van der Waals surface area contributed by atoms with Crippen molar-refractivity contribution >= 4 is 0 Å². The van der Waals surface area contributed by atoms with Gasteiger partial charge in [0.25, 0.3) is 0 Å². The second kappa shape index (κ2) is 2.22. The van der Waals surface area contributed by atoms with Crippen LogP contribution in [-0.4, -0.2) is 18.8 Å². The Kier molecular flexibility index (Phi) is 1.58. The zero-order chi connectivity index (χ0) is 5.98. The van der Waals surface area contributed by atoms with Crippen molar-refractivity contribution in [1.82, 2.24) is 0 Å². The molecule has 1 saturated heterocycles. The first-order chi connectivity index (χ1) is 3.84. The topological polar surface area (TPSA) is 38.7 Å². The van der Waals surface area contributed by atoms with E-state index in [-0.39, 0.29) is 12.1 Å². The van der Waals surface area contributed by atoms with Crippen molar-refractivity contribution in [2.45, 2.75) is 25.5 Å². The SMILES string of the molecule is C[C@H]1OCC[C@H]1N=O. The van der Waals surface area contributed by atoms with Gasteiger partial charge >= 0.3 is 0 Å². The third-order valence-electron chi connectivity index (χ3n) is 1.47. The number of ether oxygens (including phenoxy) is 1. The molecule has 2 atom stereocenters. The molecule has 1 fully saturated rings. The van der Waals surface area contributed by atoms with Crippen LogP contribution in [0.2, 0.25) is 0 Å². The molecule has 0 saturated carbocycles. The van der Waals surface area contributed by atoms with Crippen molar-refractivity contribution in [3.63, 3.8) is 0 Å². The van der Waals surface area contributed by atoms with Gasteiger partial charge in [-0.05, 0) is 13.3 Å². The summed E-state index contributed by atoms with van der Waals surface area (Å²) >= 11 is 0. The monoisotopic (exact) mass is 115 g/mol. The summed E-state index contributed by atoms with van der Waals surface area (Å²) in [7, 11) is 0. The Morgan fingerprint density at radius 3 is 2.75 bits per heavy atom. The molecular weight excluding hydrogens is 106 g/mol. The molecule has 1 heterocycles. The van der Waals surface area contributed by atoms with Crippen LogP contribution < -0.4 is 0 Å². The number of rotatable bonds is 1. The average Bonchev–Trinajstić information content (AvgIpc) is 2.14. The standard InChI is InChI=1S/C5H9NO2/c1-4-5(6-7)2-3-8-4/h4-5H,2-3H2,1H3/t4-,5-/m1/s1. The van der Waals surface area contributed by atoms with Gasteiger partial charge in [0.05, 0.1) is 6.10 Å².